The summed E-state index contributed by atoms with van der Waals surface area (Å²) in [6.07, 6.45) is 0. The number of rotatable bonds is 5. The maximum Gasteiger partial charge on any atom is 0.287 e. The normalized spacial score (nSPS) is 10.6. The summed E-state index contributed by atoms with van der Waals surface area (Å²) in [6.45, 7) is 0.427. The topological polar surface area (TPSA) is 75.3 Å². The van der Waals surface area contributed by atoms with Gasteiger partial charge in [0.1, 0.15) is 17.4 Å². The minimum absolute atomic E-state index is 0.0252. The number of nitrogens with zero attached hydrogens (tertiary/aromatic N) is 1. The second-order valence-electron chi connectivity index (χ2n) is 6.12. The van der Waals surface area contributed by atoms with Crippen molar-refractivity contribution in [1.29, 1.82) is 5.26 Å². The lowest BCUT2D eigenvalue weighted by molar-refractivity contribution is 0.0925. The summed E-state index contributed by atoms with van der Waals surface area (Å²) in [5.41, 5.74) is 1.68. The third-order valence-corrected chi connectivity index (χ3v) is 4.28. The molecule has 0 saturated heterocycles. The molecule has 1 aromatic heterocycles. The van der Waals surface area contributed by atoms with E-state index in [1.54, 1.807) is 6.07 Å². The molecule has 3 aromatic carbocycles. The molecule has 0 aliphatic heterocycles. The fourth-order valence-electron chi connectivity index (χ4n) is 2.95. The third-order valence-electron chi connectivity index (χ3n) is 4.28. The third kappa shape index (κ3) is 3.60. The highest BCUT2D eigenvalue weighted by Gasteiger charge is 2.11. The number of amides is 1. The number of ether oxygens (including phenoxy) is 1. The second kappa shape index (κ2) is 7.22. The molecule has 0 saturated carbocycles. The zero-order chi connectivity index (χ0) is 18.6. The Morgan fingerprint density at radius 1 is 1.00 bits per heavy atom. The van der Waals surface area contributed by atoms with E-state index in [-0.39, 0.29) is 12.5 Å². The van der Waals surface area contributed by atoms with Gasteiger partial charge in [-0.3, -0.25) is 4.79 Å². The van der Waals surface area contributed by atoms with Crippen molar-refractivity contribution < 1.29 is 13.9 Å². The van der Waals surface area contributed by atoms with E-state index in [1.165, 1.54) is 0 Å². The highest BCUT2D eigenvalue weighted by molar-refractivity contribution is 5.96. The predicted octanol–water partition coefficient (Wildman–Crippen LogP) is 4.42. The van der Waals surface area contributed by atoms with E-state index in [1.807, 2.05) is 66.7 Å². The van der Waals surface area contributed by atoms with E-state index in [0.717, 1.165) is 21.7 Å². The molecule has 4 rings (SSSR count). The zero-order valence-electron chi connectivity index (χ0n) is 14.4. The molecule has 0 radical (unpaired) electrons. The van der Waals surface area contributed by atoms with Crippen molar-refractivity contribution in [2.75, 3.05) is 6.61 Å². The van der Waals surface area contributed by atoms with Crippen LogP contribution >= 0.6 is 0 Å². The van der Waals surface area contributed by atoms with Crippen molar-refractivity contribution in [2.45, 2.75) is 6.54 Å². The van der Waals surface area contributed by atoms with Crippen LogP contribution < -0.4 is 10.1 Å². The smallest absolute Gasteiger partial charge is 0.287 e. The minimum atomic E-state index is -0.244. The quantitative estimate of drug-likeness (QED) is 0.574. The molecule has 0 spiro atoms. The van der Waals surface area contributed by atoms with Crippen molar-refractivity contribution in [3.8, 4) is 11.8 Å². The van der Waals surface area contributed by atoms with E-state index in [9.17, 15) is 4.79 Å². The van der Waals surface area contributed by atoms with Crippen molar-refractivity contribution in [2.24, 2.45) is 0 Å². The van der Waals surface area contributed by atoms with Crippen LogP contribution in [0.4, 0.5) is 0 Å². The van der Waals surface area contributed by atoms with E-state index < -0.39 is 0 Å². The number of benzene rings is 3. The molecule has 0 bridgehead atoms. The molecule has 0 unspecified atom stereocenters. The van der Waals surface area contributed by atoms with Crippen molar-refractivity contribution in [1.82, 2.24) is 5.32 Å². The van der Waals surface area contributed by atoms with Gasteiger partial charge in [0.15, 0.2) is 12.4 Å². The van der Waals surface area contributed by atoms with Gasteiger partial charge in [0.05, 0.1) is 0 Å². The predicted molar refractivity (Wildman–Crippen MR) is 102 cm³/mol. The van der Waals surface area contributed by atoms with Crippen LogP contribution in [0.2, 0.25) is 0 Å². The molecule has 5 nitrogen and oxygen atoms in total. The fraction of sp³-hybridized carbons (Fsp3) is 0.0909. The Kier molecular flexibility index (Phi) is 4.46. The average Bonchev–Trinajstić information content (AvgIpc) is 3.14. The molecule has 0 atom stereocenters. The van der Waals surface area contributed by atoms with Crippen molar-refractivity contribution in [3.63, 3.8) is 0 Å². The number of fused-ring (bicyclic) bond motifs is 2. The highest BCUT2D eigenvalue weighted by atomic mass is 16.5. The largest absolute Gasteiger partial charge is 0.479 e. The number of para-hydroxylation sites is 1. The van der Waals surface area contributed by atoms with Crippen molar-refractivity contribution >= 4 is 27.6 Å². The molecule has 1 amide bonds. The first-order chi connectivity index (χ1) is 13.2. The van der Waals surface area contributed by atoms with Gasteiger partial charge in [0.2, 0.25) is 0 Å². The summed E-state index contributed by atoms with van der Waals surface area (Å²) in [4.78, 5) is 12.3. The number of carbonyl (C=O) groups is 1. The maximum absolute atomic E-state index is 12.3. The maximum atomic E-state index is 12.3. The summed E-state index contributed by atoms with van der Waals surface area (Å²) in [6, 6.07) is 22.8. The Morgan fingerprint density at radius 2 is 1.81 bits per heavy atom. The highest BCUT2D eigenvalue weighted by Crippen LogP contribution is 2.22. The summed E-state index contributed by atoms with van der Waals surface area (Å²) in [7, 11) is 0. The van der Waals surface area contributed by atoms with Gasteiger partial charge in [0, 0.05) is 11.9 Å². The van der Waals surface area contributed by atoms with Crippen molar-refractivity contribution in [3.05, 3.63) is 78.1 Å². The summed E-state index contributed by atoms with van der Waals surface area (Å²) in [5.74, 6) is 0.720. The van der Waals surface area contributed by atoms with E-state index in [4.69, 9.17) is 14.4 Å². The lowest BCUT2D eigenvalue weighted by atomic mass is 10.1. The number of hydrogen-bond acceptors (Lipinski definition) is 4. The molecule has 132 valence electrons. The van der Waals surface area contributed by atoms with Crippen LogP contribution in [0.5, 0.6) is 5.75 Å². The number of furan rings is 1. The van der Waals surface area contributed by atoms with E-state index >= 15 is 0 Å². The number of hydrogen-bond donors (Lipinski definition) is 1. The zero-order valence-corrected chi connectivity index (χ0v) is 14.4. The Morgan fingerprint density at radius 3 is 2.67 bits per heavy atom. The molecular formula is C22H16N2O3. The SMILES string of the molecule is N#CCOc1ccc2cc(CNC(=O)c3cc4ccccc4o3)ccc2c1. The Hall–Kier alpha value is -3.78. The second-order valence-corrected chi connectivity index (χ2v) is 6.12. The molecule has 4 aromatic rings. The summed E-state index contributed by atoms with van der Waals surface area (Å²) >= 11 is 0. The van der Waals surface area contributed by atoms with Gasteiger partial charge in [-0.15, -0.1) is 0 Å². The molecule has 27 heavy (non-hydrogen) atoms. The van der Waals surface area contributed by atoms with Gasteiger partial charge in [-0.2, -0.15) is 5.26 Å². The van der Waals surface area contributed by atoms with Gasteiger partial charge in [-0.25, -0.2) is 0 Å². The van der Waals surface area contributed by atoms with Crippen LogP contribution in [0, 0.1) is 11.3 Å². The van der Waals surface area contributed by atoms with Crippen LogP contribution in [0.25, 0.3) is 21.7 Å². The van der Waals surface area contributed by atoms with Gasteiger partial charge in [-0.05, 0) is 46.7 Å². The molecule has 5 heteroatoms. The first kappa shape index (κ1) is 16.7. The molecule has 0 aliphatic carbocycles. The first-order valence-corrected chi connectivity index (χ1v) is 8.52. The average molecular weight is 356 g/mol. The Labute approximate surface area is 155 Å². The summed E-state index contributed by atoms with van der Waals surface area (Å²) in [5, 5.41) is 14.4. The molecule has 0 aliphatic rings. The van der Waals surface area contributed by atoms with Crippen LogP contribution in [-0.2, 0) is 6.54 Å². The molecule has 0 fully saturated rings. The van der Waals surface area contributed by atoms with Crippen LogP contribution in [0.3, 0.4) is 0 Å². The lowest BCUT2D eigenvalue weighted by Crippen LogP contribution is -2.22. The first-order valence-electron chi connectivity index (χ1n) is 8.52. The van der Waals surface area contributed by atoms with Gasteiger partial charge < -0.3 is 14.5 Å². The standard InChI is InChI=1S/C22H16N2O3/c23-9-10-26-19-8-7-16-11-15(5-6-17(16)12-19)14-24-22(25)21-13-18-3-1-2-4-20(18)27-21/h1-8,11-13H,10,14H2,(H,24,25). The number of nitriles is 1. The number of nitrogens with one attached hydrogen (secondary N) is 1. The van der Waals surface area contributed by atoms with Gasteiger partial charge in [-0.1, -0.05) is 36.4 Å². The molecule has 1 heterocycles. The summed E-state index contributed by atoms with van der Waals surface area (Å²) < 4.78 is 10.9. The lowest BCUT2D eigenvalue weighted by Gasteiger charge is -2.07. The number of carbonyl (C=O) groups excluding carboxylic acids is 1. The van der Waals surface area contributed by atoms with Crippen LogP contribution in [0.1, 0.15) is 16.1 Å². The fourth-order valence-corrected chi connectivity index (χ4v) is 2.95. The Balaban J connectivity index is 1.46. The van der Waals surface area contributed by atoms with Crippen LogP contribution in [-0.4, -0.2) is 12.5 Å². The van der Waals surface area contributed by atoms with Crippen LogP contribution in [0.15, 0.2) is 71.1 Å². The van der Waals surface area contributed by atoms with E-state index in [0.29, 0.717) is 23.6 Å². The van der Waals surface area contributed by atoms with Gasteiger partial charge >= 0.3 is 0 Å². The molecule has 1 N–H and O–H groups in total. The monoisotopic (exact) mass is 356 g/mol. The minimum Gasteiger partial charge on any atom is -0.479 e. The Bertz CT molecular complexity index is 1140. The molecular weight excluding hydrogens is 340 g/mol. The van der Waals surface area contributed by atoms with Gasteiger partial charge in [0.25, 0.3) is 5.91 Å². The van der Waals surface area contributed by atoms with E-state index in [2.05, 4.69) is 5.32 Å².